The predicted octanol–water partition coefficient (Wildman–Crippen LogP) is 4.64. The van der Waals surface area contributed by atoms with Gasteiger partial charge in [0.1, 0.15) is 6.54 Å². The zero-order chi connectivity index (χ0) is 21.8. The highest BCUT2D eigenvalue weighted by Crippen LogP contribution is 2.30. The van der Waals surface area contributed by atoms with Crippen LogP contribution < -0.4 is 9.62 Å². The highest BCUT2D eigenvalue weighted by atomic mass is 35.5. The summed E-state index contributed by atoms with van der Waals surface area (Å²) in [5, 5.41) is 3.44. The minimum Gasteiger partial charge on any atom is -0.351 e. The molecule has 0 saturated carbocycles. The zero-order valence-electron chi connectivity index (χ0n) is 17.5. The smallest absolute Gasteiger partial charge is 0.264 e. The molecule has 0 atom stereocenters. The molecule has 0 bridgehead atoms. The lowest BCUT2D eigenvalue weighted by atomic mass is 9.93. The van der Waals surface area contributed by atoms with E-state index in [1.54, 1.807) is 43.3 Å². The van der Waals surface area contributed by atoms with Crippen LogP contribution in [-0.2, 0) is 14.8 Å². The summed E-state index contributed by atoms with van der Waals surface area (Å²) in [7, 11) is -3.95. The summed E-state index contributed by atoms with van der Waals surface area (Å²) in [5.74, 6) is 0.105. The highest BCUT2D eigenvalue weighted by Gasteiger charge is 2.30. The van der Waals surface area contributed by atoms with E-state index >= 15 is 0 Å². The van der Waals surface area contributed by atoms with Crippen molar-refractivity contribution in [2.24, 2.45) is 11.8 Å². The fraction of sp³-hybridized carbons (Fsp3) is 0.409. The summed E-state index contributed by atoms with van der Waals surface area (Å²) >= 11 is 6.24. The Hall–Kier alpha value is -2.05. The first-order valence-electron chi connectivity index (χ1n) is 9.68. The molecule has 1 N–H and O–H groups in total. The molecule has 29 heavy (non-hydrogen) atoms. The number of benzene rings is 2. The summed E-state index contributed by atoms with van der Waals surface area (Å²) in [4.78, 5) is 13.0. The largest absolute Gasteiger partial charge is 0.351 e. The van der Waals surface area contributed by atoms with Gasteiger partial charge in [0, 0.05) is 11.1 Å². The Morgan fingerprint density at radius 1 is 1.00 bits per heavy atom. The molecule has 0 saturated heterocycles. The third-order valence-corrected chi connectivity index (χ3v) is 7.07. The summed E-state index contributed by atoms with van der Waals surface area (Å²) in [6.45, 7) is 9.55. The number of carbonyl (C=O) groups is 1. The molecule has 2 rings (SSSR count). The van der Waals surface area contributed by atoms with Crippen LogP contribution in [0.4, 0.5) is 5.69 Å². The Balaban J connectivity index is 2.46. The number of halogens is 1. The molecule has 2 aromatic rings. The number of nitrogens with one attached hydrogen (secondary N) is 1. The molecule has 0 aliphatic carbocycles. The third-order valence-electron chi connectivity index (χ3n) is 4.89. The van der Waals surface area contributed by atoms with Crippen molar-refractivity contribution in [3.63, 3.8) is 0 Å². The zero-order valence-corrected chi connectivity index (χ0v) is 19.1. The molecule has 0 radical (unpaired) electrons. The number of nitrogens with zero attached hydrogens (tertiary/aromatic N) is 1. The first kappa shape index (κ1) is 23.2. The monoisotopic (exact) mass is 436 g/mol. The second-order valence-electron chi connectivity index (χ2n) is 7.79. The number of sulfonamides is 1. The molecular formula is C22H29ClN2O3S. The van der Waals surface area contributed by atoms with E-state index in [9.17, 15) is 13.2 Å². The van der Waals surface area contributed by atoms with Gasteiger partial charge in [0.2, 0.25) is 5.91 Å². The van der Waals surface area contributed by atoms with Crippen LogP contribution in [-0.4, -0.2) is 26.9 Å². The van der Waals surface area contributed by atoms with Crippen molar-refractivity contribution in [2.45, 2.75) is 45.6 Å². The van der Waals surface area contributed by atoms with Crippen molar-refractivity contribution in [1.29, 1.82) is 0 Å². The van der Waals surface area contributed by atoms with Crippen LogP contribution in [0.15, 0.2) is 53.4 Å². The Morgan fingerprint density at radius 3 is 2.14 bits per heavy atom. The quantitative estimate of drug-likeness (QED) is 0.655. The lowest BCUT2D eigenvalue weighted by molar-refractivity contribution is -0.121. The second-order valence-corrected chi connectivity index (χ2v) is 10.1. The molecule has 1 amide bonds. The molecule has 0 fully saturated rings. The van der Waals surface area contributed by atoms with E-state index in [-0.39, 0.29) is 35.2 Å². The maximum atomic E-state index is 13.4. The minimum atomic E-state index is -3.95. The molecular weight excluding hydrogens is 408 g/mol. The number of amides is 1. The highest BCUT2D eigenvalue weighted by molar-refractivity contribution is 7.92. The molecule has 0 spiro atoms. The van der Waals surface area contributed by atoms with Gasteiger partial charge in [0.15, 0.2) is 0 Å². The lowest BCUT2D eigenvalue weighted by Gasteiger charge is -2.29. The molecule has 0 unspecified atom stereocenters. The van der Waals surface area contributed by atoms with Crippen LogP contribution >= 0.6 is 11.6 Å². The van der Waals surface area contributed by atoms with E-state index in [4.69, 9.17) is 11.6 Å². The standard InChI is InChI=1S/C22H29ClN2O3S/c1-15(2)22(16(3)4)24-21(26)14-25(20-13-9-12-19(23)17(20)5)29(27,28)18-10-7-6-8-11-18/h6-13,15-16,22H,14H2,1-5H3,(H,24,26). The number of carbonyl (C=O) groups excluding carboxylic acids is 1. The van der Waals surface area contributed by atoms with Gasteiger partial charge < -0.3 is 5.32 Å². The molecule has 2 aromatic carbocycles. The van der Waals surface area contributed by atoms with Crippen LogP contribution in [0.1, 0.15) is 33.3 Å². The number of rotatable bonds is 8. The van der Waals surface area contributed by atoms with E-state index in [0.717, 1.165) is 4.31 Å². The van der Waals surface area contributed by atoms with Crippen LogP contribution in [0.5, 0.6) is 0 Å². The Kier molecular flexibility index (Phi) is 7.72. The van der Waals surface area contributed by atoms with Crippen LogP contribution in [0.2, 0.25) is 5.02 Å². The van der Waals surface area contributed by atoms with Crippen molar-refractivity contribution >= 4 is 33.2 Å². The van der Waals surface area contributed by atoms with Crippen molar-refractivity contribution < 1.29 is 13.2 Å². The molecule has 7 heteroatoms. The van der Waals surface area contributed by atoms with Crippen LogP contribution in [0, 0.1) is 18.8 Å². The number of hydrogen-bond donors (Lipinski definition) is 1. The van der Waals surface area contributed by atoms with Crippen molar-refractivity contribution in [3.8, 4) is 0 Å². The average Bonchev–Trinajstić information content (AvgIpc) is 2.66. The molecule has 0 aromatic heterocycles. The first-order chi connectivity index (χ1) is 13.6. The van der Waals surface area contributed by atoms with Gasteiger partial charge in [0.25, 0.3) is 10.0 Å². The lowest BCUT2D eigenvalue weighted by Crippen LogP contribution is -2.48. The van der Waals surface area contributed by atoms with Crippen LogP contribution in [0.25, 0.3) is 0 Å². The van der Waals surface area contributed by atoms with Gasteiger partial charge in [0.05, 0.1) is 10.6 Å². The summed E-state index contributed by atoms with van der Waals surface area (Å²) in [6, 6.07) is 13.1. The van der Waals surface area contributed by atoms with Gasteiger partial charge in [-0.15, -0.1) is 0 Å². The third kappa shape index (κ3) is 5.52. The maximum absolute atomic E-state index is 13.4. The summed E-state index contributed by atoms with van der Waals surface area (Å²) in [5.41, 5.74) is 0.993. The Bertz CT molecular complexity index is 936. The van der Waals surface area contributed by atoms with Crippen molar-refractivity contribution in [3.05, 3.63) is 59.1 Å². The molecule has 5 nitrogen and oxygen atoms in total. The van der Waals surface area contributed by atoms with E-state index < -0.39 is 10.0 Å². The first-order valence-corrected chi connectivity index (χ1v) is 11.5. The summed E-state index contributed by atoms with van der Waals surface area (Å²) in [6.07, 6.45) is 0. The van der Waals surface area contributed by atoms with E-state index in [1.807, 2.05) is 27.7 Å². The van der Waals surface area contributed by atoms with E-state index in [0.29, 0.717) is 16.3 Å². The molecule has 0 aliphatic heterocycles. The van der Waals surface area contributed by atoms with E-state index in [1.165, 1.54) is 12.1 Å². The van der Waals surface area contributed by atoms with Crippen molar-refractivity contribution in [2.75, 3.05) is 10.8 Å². The van der Waals surface area contributed by atoms with Gasteiger partial charge in [-0.05, 0) is 48.6 Å². The number of anilines is 1. The van der Waals surface area contributed by atoms with Gasteiger partial charge in [-0.3, -0.25) is 9.10 Å². The molecule has 158 valence electrons. The topological polar surface area (TPSA) is 66.5 Å². The van der Waals surface area contributed by atoms with Crippen molar-refractivity contribution in [1.82, 2.24) is 5.32 Å². The van der Waals surface area contributed by atoms with Gasteiger partial charge in [-0.25, -0.2) is 8.42 Å². The Morgan fingerprint density at radius 2 is 1.59 bits per heavy atom. The van der Waals surface area contributed by atoms with Gasteiger partial charge >= 0.3 is 0 Å². The van der Waals surface area contributed by atoms with Gasteiger partial charge in [-0.2, -0.15) is 0 Å². The predicted molar refractivity (Wildman–Crippen MR) is 119 cm³/mol. The maximum Gasteiger partial charge on any atom is 0.264 e. The normalized spacial score (nSPS) is 11.9. The number of hydrogen-bond acceptors (Lipinski definition) is 3. The van der Waals surface area contributed by atoms with Gasteiger partial charge in [-0.1, -0.05) is 63.6 Å². The van der Waals surface area contributed by atoms with Crippen LogP contribution in [0.3, 0.4) is 0 Å². The fourth-order valence-electron chi connectivity index (χ4n) is 3.35. The molecule has 0 aliphatic rings. The average molecular weight is 437 g/mol. The molecule has 0 heterocycles. The summed E-state index contributed by atoms with van der Waals surface area (Å²) < 4.78 is 27.9. The SMILES string of the molecule is Cc1c(Cl)cccc1N(CC(=O)NC(C(C)C)C(C)C)S(=O)(=O)c1ccccc1. The second kappa shape index (κ2) is 9.63. The van der Waals surface area contributed by atoms with E-state index in [2.05, 4.69) is 5.32 Å². The minimum absolute atomic E-state index is 0.0516. The fourth-order valence-corrected chi connectivity index (χ4v) is 5.02. The Labute approximate surface area is 179 Å².